The summed E-state index contributed by atoms with van der Waals surface area (Å²) in [7, 11) is 1.84. The number of nitrogens with two attached hydrogens (primary N) is 1. The summed E-state index contributed by atoms with van der Waals surface area (Å²) in [5.74, 6) is 0. The molecule has 1 rings (SSSR count). The van der Waals surface area contributed by atoms with E-state index in [2.05, 4.69) is 21.2 Å². The van der Waals surface area contributed by atoms with E-state index in [1.165, 1.54) is 0 Å². The van der Waals surface area contributed by atoms with Gasteiger partial charge in [0.25, 0.3) is 0 Å². The number of halogens is 1. The molecule has 4 heteroatoms. The lowest BCUT2D eigenvalue weighted by atomic mass is 10.2. The zero-order chi connectivity index (χ0) is 9.14. The van der Waals surface area contributed by atoms with Crippen LogP contribution < -0.4 is 11.1 Å². The number of thiocarbonyl (C=S) groups is 1. The van der Waals surface area contributed by atoms with Crippen molar-refractivity contribution in [3.63, 3.8) is 0 Å². The highest BCUT2D eigenvalue weighted by Crippen LogP contribution is 2.20. The van der Waals surface area contributed by atoms with E-state index in [0.717, 1.165) is 15.7 Å². The first-order valence-corrected chi connectivity index (χ1v) is 4.62. The summed E-state index contributed by atoms with van der Waals surface area (Å²) in [5.41, 5.74) is 7.34. The zero-order valence-corrected chi connectivity index (χ0v) is 9.00. The minimum atomic E-state index is 0.403. The van der Waals surface area contributed by atoms with Gasteiger partial charge >= 0.3 is 0 Å². The van der Waals surface area contributed by atoms with Crippen LogP contribution in [0.15, 0.2) is 22.7 Å². The molecule has 3 N–H and O–H groups in total. The van der Waals surface area contributed by atoms with E-state index in [-0.39, 0.29) is 0 Å². The molecule has 0 saturated heterocycles. The molecule has 0 aliphatic carbocycles. The smallest absolute Gasteiger partial charge is 0.106 e. The van der Waals surface area contributed by atoms with Crippen molar-refractivity contribution in [2.75, 3.05) is 12.4 Å². The molecule has 0 spiro atoms. The monoisotopic (exact) mass is 244 g/mol. The van der Waals surface area contributed by atoms with Gasteiger partial charge in [-0.3, -0.25) is 0 Å². The van der Waals surface area contributed by atoms with Crippen LogP contribution in [0.1, 0.15) is 5.56 Å². The van der Waals surface area contributed by atoms with Gasteiger partial charge < -0.3 is 11.1 Å². The van der Waals surface area contributed by atoms with Crippen LogP contribution in [0.25, 0.3) is 0 Å². The number of anilines is 1. The van der Waals surface area contributed by atoms with Crippen LogP contribution in [0.3, 0.4) is 0 Å². The van der Waals surface area contributed by atoms with Crippen molar-refractivity contribution >= 4 is 38.8 Å². The minimum Gasteiger partial charge on any atom is -0.389 e. The molecular weight excluding hydrogens is 236 g/mol. The van der Waals surface area contributed by atoms with Gasteiger partial charge in [0, 0.05) is 22.8 Å². The maximum Gasteiger partial charge on any atom is 0.106 e. The third kappa shape index (κ3) is 1.95. The van der Waals surface area contributed by atoms with E-state index in [0.29, 0.717) is 4.99 Å². The molecule has 0 fully saturated rings. The summed E-state index contributed by atoms with van der Waals surface area (Å²) in [4.78, 5) is 0.403. The Morgan fingerprint density at radius 1 is 1.58 bits per heavy atom. The van der Waals surface area contributed by atoms with E-state index < -0.39 is 0 Å². The molecule has 0 saturated carbocycles. The van der Waals surface area contributed by atoms with Crippen molar-refractivity contribution in [3.8, 4) is 0 Å². The van der Waals surface area contributed by atoms with Crippen molar-refractivity contribution in [1.29, 1.82) is 0 Å². The molecule has 0 aromatic heterocycles. The molecule has 0 aliphatic rings. The van der Waals surface area contributed by atoms with Gasteiger partial charge in [-0.25, -0.2) is 0 Å². The number of benzene rings is 1. The van der Waals surface area contributed by atoms with Gasteiger partial charge in [-0.2, -0.15) is 0 Å². The average molecular weight is 245 g/mol. The van der Waals surface area contributed by atoms with Crippen LogP contribution in [-0.4, -0.2) is 12.0 Å². The Balaban J connectivity index is 3.21. The number of nitrogens with one attached hydrogen (secondary N) is 1. The molecule has 0 unspecified atom stereocenters. The molecule has 64 valence electrons. The van der Waals surface area contributed by atoms with Gasteiger partial charge in [-0.15, -0.1) is 0 Å². The second kappa shape index (κ2) is 3.87. The van der Waals surface area contributed by atoms with Gasteiger partial charge in [0.15, 0.2) is 0 Å². The van der Waals surface area contributed by atoms with Gasteiger partial charge in [-0.1, -0.05) is 28.1 Å². The van der Waals surface area contributed by atoms with E-state index >= 15 is 0 Å². The molecule has 1 aromatic rings. The van der Waals surface area contributed by atoms with Crippen LogP contribution >= 0.6 is 28.1 Å². The Morgan fingerprint density at radius 3 is 2.75 bits per heavy atom. The molecule has 0 atom stereocenters. The first-order valence-electron chi connectivity index (χ1n) is 3.42. The lowest BCUT2D eigenvalue weighted by molar-refractivity contribution is 1.47. The predicted octanol–water partition coefficient (Wildman–Crippen LogP) is 2.12. The van der Waals surface area contributed by atoms with Crippen molar-refractivity contribution < 1.29 is 0 Å². The van der Waals surface area contributed by atoms with Gasteiger partial charge in [0.2, 0.25) is 0 Å². The summed E-state index contributed by atoms with van der Waals surface area (Å²) < 4.78 is 0.976. The fraction of sp³-hybridized carbons (Fsp3) is 0.125. The second-order valence-electron chi connectivity index (χ2n) is 2.30. The molecule has 2 nitrogen and oxygen atoms in total. The Kier molecular flexibility index (Phi) is 3.05. The maximum absolute atomic E-state index is 5.53. The van der Waals surface area contributed by atoms with Crippen LogP contribution in [0.2, 0.25) is 0 Å². The van der Waals surface area contributed by atoms with E-state index in [9.17, 15) is 0 Å². The molecule has 1 aromatic carbocycles. The molecule has 0 bridgehead atoms. The van der Waals surface area contributed by atoms with Crippen LogP contribution in [0, 0.1) is 0 Å². The number of rotatable bonds is 2. The lowest BCUT2D eigenvalue weighted by Crippen LogP contribution is -2.11. The quantitative estimate of drug-likeness (QED) is 0.784. The highest BCUT2D eigenvalue weighted by molar-refractivity contribution is 9.10. The molecule has 0 heterocycles. The van der Waals surface area contributed by atoms with Gasteiger partial charge in [-0.05, 0) is 18.2 Å². The van der Waals surface area contributed by atoms with Crippen molar-refractivity contribution in [1.82, 2.24) is 0 Å². The number of hydrogen-bond acceptors (Lipinski definition) is 2. The maximum atomic E-state index is 5.53. The normalized spacial score (nSPS) is 9.50. The van der Waals surface area contributed by atoms with Gasteiger partial charge in [0.05, 0.1) is 0 Å². The molecule has 0 amide bonds. The SMILES string of the molecule is CNc1ccc(Br)cc1C(N)=S. The summed E-state index contributed by atoms with van der Waals surface area (Å²) >= 11 is 8.24. The Morgan fingerprint density at radius 2 is 2.25 bits per heavy atom. The molecule has 0 radical (unpaired) electrons. The highest BCUT2D eigenvalue weighted by Gasteiger charge is 2.03. The largest absolute Gasteiger partial charge is 0.389 e. The topological polar surface area (TPSA) is 38.0 Å². The minimum absolute atomic E-state index is 0.403. The zero-order valence-electron chi connectivity index (χ0n) is 6.60. The van der Waals surface area contributed by atoms with Crippen molar-refractivity contribution in [3.05, 3.63) is 28.2 Å². The summed E-state index contributed by atoms with van der Waals surface area (Å²) in [6.45, 7) is 0. The molecular formula is C8H9BrN2S. The Hall–Kier alpha value is -0.610. The highest BCUT2D eigenvalue weighted by atomic mass is 79.9. The lowest BCUT2D eigenvalue weighted by Gasteiger charge is -2.07. The fourth-order valence-corrected chi connectivity index (χ4v) is 1.47. The van der Waals surface area contributed by atoms with Crippen molar-refractivity contribution in [2.24, 2.45) is 5.73 Å². The number of hydrogen-bond donors (Lipinski definition) is 2. The van der Waals surface area contributed by atoms with E-state index in [4.69, 9.17) is 18.0 Å². The Labute approximate surface area is 85.3 Å². The van der Waals surface area contributed by atoms with Crippen molar-refractivity contribution in [2.45, 2.75) is 0 Å². The fourth-order valence-electron chi connectivity index (χ4n) is 0.938. The van der Waals surface area contributed by atoms with Gasteiger partial charge in [0.1, 0.15) is 4.99 Å². The first-order chi connectivity index (χ1) is 5.65. The Bertz CT molecular complexity index is 312. The van der Waals surface area contributed by atoms with E-state index in [1.807, 2.05) is 25.2 Å². The van der Waals surface area contributed by atoms with Crippen LogP contribution in [-0.2, 0) is 0 Å². The molecule has 0 aliphatic heterocycles. The second-order valence-corrected chi connectivity index (χ2v) is 3.66. The van der Waals surface area contributed by atoms with E-state index in [1.54, 1.807) is 0 Å². The van der Waals surface area contributed by atoms with Crippen LogP contribution in [0.4, 0.5) is 5.69 Å². The summed E-state index contributed by atoms with van der Waals surface area (Å²) in [6.07, 6.45) is 0. The third-order valence-electron chi connectivity index (χ3n) is 1.52. The standard InChI is InChI=1S/C8H9BrN2S/c1-11-7-3-2-5(9)4-6(7)8(10)12/h2-4,11H,1H3,(H2,10,12). The first kappa shape index (κ1) is 9.48. The third-order valence-corrected chi connectivity index (χ3v) is 2.23. The summed E-state index contributed by atoms with van der Waals surface area (Å²) in [6, 6.07) is 5.76. The molecule has 12 heavy (non-hydrogen) atoms. The predicted molar refractivity (Wildman–Crippen MR) is 59.6 cm³/mol. The van der Waals surface area contributed by atoms with Crippen LogP contribution in [0.5, 0.6) is 0 Å². The average Bonchev–Trinajstić information content (AvgIpc) is 2.04. The summed E-state index contributed by atoms with van der Waals surface area (Å²) in [5, 5.41) is 3.02.